The molecule has 0 radical (unpaired) electrons. The highest BCUT2D eigenvalue weighted by atomic mass is 19.2. The van der Waals surface area contributed by atoms with E-state index in [1.165, 1.54) is 0 Å². The van der Waals surface area contributed by atoms with Gasteiger partial charge < -0.3 is 10.2 Å². The van der Waals surface area contributed by atoms with Crippen LogP contribution in [0.15, 0.2) is 0 Å². The fraction of sp³-hybridized carbons (Fsp3) is 0.667. The zero-order valence-electron chi connectivity index (χ0n) is 8.61. The average molecular weight is 269 g/mol. The molecule has 0 heterocycles. The molecule has 11 nitrogen and oxygen atoms in total. The summed E-state index contributed by atoms with van der Waals surface area (Å²) in [5, 5.41) is 38.7. The first kappa shape index (κ1) is 15.6. The average Bonchev–Trinajstić information content (AvgIpc) is 2.22. The Morgan fingerprint density at radius 3 is 2.00 bits per heavy atom. The van der Waals surface area contributed by atoms with Gasteiger partial charge in [-0.05, 0) is 0 Å². The van der Waals surface area contributed by atoms with Gasteiger partial charge in [0.25, 0.3) is 0 Å². The molecule has 0 aromatic rings. The second kappa shape index (κ2) is 5.81. The Hall–Kier alpha value is -2.37. The first-order chi connectivity index (χ1) is 8.11. The lowest BCUT2D eigenvalue weighted by atomic mass is 10.2. The largest absolute Gasteiger partial charge is 0.626 e. The van der Waals surface area contributed by atoms with Gasteiger partial charge in [0, 0.05) is 0 Å². The normalized spacial score (nSPS) is 12.7. The molecule has 0 rings (SSSR count). The van der Waals surface area contributed by atoms with Crippen LogP contribution >= 0.6 is 0 Å². The van der Waals surface area contributed by atoms with Crippen molar-refractivity contribution in [3.05, 3.63) is 20.2 Å². The molecule has 0 aromatic carbocycles. The summed E-state index contributed by atoms with van der Waals surface area (Å²) < 4.78 is 13.2. The Kier molecular flexibility index (Phi) is 5.04. The molecular formula is C6H8FN3O8. The molecule has 0 fully saturated rings. The van der Waals surface area contributed by atoms with Crippen LogP contribution in [-0.4, -0.2) is 50.5 Å². The number of hydrogen-bond donors (Lipinski definition) is 3. The van der Waals surface area contributed by atoms with Gasteiger partial charge in [-0.3, -0.25) is 35.1 Å². The molecule has 0 aliphatic heterocycles. The van der Waals surface area contributed by atoms with Gasteiger partial charge in [0.05, 0.1) is 6.42 Å². The number of halogens is 1. The minimum atomic E-state index is -4.12. The summed E-state index contributed by atoms with van der Waals surface area (Å²) in [4.78, 5) is 37.4. The third kappa shape index (κ3) is 3.89. The Balaban J connectivity index is 4.77. The quantitative estimate of drug-likeness (QED) is 0.209. The molecular weight excluding hydrogens is 261 g/mol. The van der Waals surface area contributed by atoms with Crippen LogP contribution in [0.1, 0.15) is 6.42 Å². The summed E-state index contributed by atoms with van der Waals surface area (Å²) in [7, 11) is 0. The van der Waals surface area contributed by atoms with Crippen molar-refractivity contribution in [2.75, 3.05) is 6.54 Å². The zero-order valence-corrected chi connectivity index (χ0v) is 8.61. The number of nitrogens with one attached hydrogen (secondary N) is 1. The highest BCUT2D eigenvalue weighted by Gasteiger charge is 2.58. The molecule has 3 N–H and O–H groups in total. The van der Waals surface area contributed by atoms with Gasteiger partial charge in [0.15, 0.2) is 6.54 Å². The number of carbonyl (C=O) groups is 2. The lowest BCUT2D eigenvalue weighted by Crippen LogP contribution is -2.53. The monoisotopic (exact) mass is 269 g/mol. The van der Waals surface area contributed by atoms with Gasteiger partial charge in [0.2, 0.25) is 0 Å². The second-order valence-corrected chi connectivity index (χ2v) is 3.10. The van der Waals surface area contributed by atoms with Gasteiger partial charge in [0.1, 0.15) is 15.9 Å². The number of rotatable bonds is 8. The molecule has 18 heavy (non-hydrogen) atoms. The topological polar surface area (TPSA) is 173 Å². The summed E-state index contributed by atoms with van der Waals surface area (Å²) in [6.07, 6.45) is -1.01. The van der Waals surface area contributed by atoms with E-state index in [1.807, 2.05) is 0 Å². The minimum Gasteiger partial charge on any atom is -0.481 e. The van der Waals surface area contributed by atoms with Crippen molar-refractivity contribution in [3.8, 4) is 0 Å². The van der Waals surface area contributed by atoms with Crippen molar-refractivity contribution in [3.63, 3.8) is 0 Å². The van der Waals surface area contributed by atoms with Crippen LogP contribution in [-0.2, 0) is 9.59 Å². The number of hydrogen-bond acceptors (Lipinski definition) is 7. The van der Waals surface area contributed by atoms with Crippen LogP contribution in [0.25, 0.3) is 0 Å². The number of nitro groups is 2. The van der Waals surface area contributed by atoms with Crippen LogP contribution in [0.3, 0.4) is 0 Å². The summed E-state index contributed by atoms with van der Waals surface area (Å²) in [6.45, 7) is -1.57. The Morgan fingerprint density at radius 1 is 1.28 bits per heavy atom. The lowest BCUT2D eigenvalue weighted by molar-refractivity contribution is -0.828. The van der Waals surface area contributed by atoms with Crippen molar-refractivity contribution >= 4 is 11.9 Å². The van der Waals surface area contributed by atoms with Crippen molar-refractivity contribution in [2.24, 2.45) is 0 Å². The number of nitrogens with zero attached hydrogens (tertiary/aromatic N) is 2. The molecule has 0 aliphatic carbocycles. The maximum atomic E-state index is 13.2. The molecule has 0 aromatic heterocycles. The molecule has 0 saturated heterocycles. The fourth-order valence-corrected chi connectivity index (χ4v) is 0.870. The van der Waals surface area contributed by atoms with E-state index in [4.69, 9.17) is 10.2 Å². The van der Waals surface area contributed by atoms with E-state index in [9.17, 15) is 34.2 Å². The molecule has 12 heteroatoms. The van der Waals surface area contributed by atoms with E-state index in [-0.39, 0.29) is 0 Å². The standard InChI is InChI=1S/C6H8FN3O8/c7-6(9(15)16,10(17)18)2-8-3(5(13)14)1-4(11)12/h3,8H,1-2H2,(H,11,12)(H,13,14). The summed E-state index contributed by atoms with van der Waals surface area (Å²) in [6, 6.07) is -1.88. The van der Waals surface area contributed by atoms with E-state index >= 15 is 0 Å². The number of carboxylic acid groups (broad SMARTS) is 2. The van der Waals surface area contributed by atoms with Crippen molar-refractivity contribution in [1.82, 2.24) is 5.32 Å². The van der Waals surface area contributed by atoms with Gasteiger partial charge in [-0.25, -0.2) is 0 Å². The van der Waals surface area contributed by atoms with E-state index in [2.05, 4.69) is 0 Å². The van der Waals surface area contributed by atoms with Crippen LogP contribution in [0.2, 0.25) is 0 Å². The van der Waals surface area contributed by atoms with Crippen molar-refractivity contribution in [2.45, 2.75) is 18.4 Å². The second-order valence-electron chi connectivity index (χ2n) is 3.10. The van der Waals surface area contributed by atoms with Crippen LogP contribution in [0, 0.1) is 20.2 Å². The maximum Gasteiger partial charge on any atom is 0.626 e. The fourth-order valence-electron chi connectivity index (χ4n) is 0.870. The van der Waals surface area contributed by atoms with Crippen LogP contribution in [0.4, 0.5) is 4.39 Å². The first-order valence-electron chi connectivity index (χ1n) is 4.27. The van der Waals surface area contributed by atoms with E-state index in [1.54, 1.807) is 5.32 Å². The van der Waals surface area contributed by atoms with Gasteiger partial charge in [-0.15, -0.1) is 0 Å². The predicted molar refractivity (Wildman–Crippen MR) is 49.5 cm³/mol. The summed E-state index contributed by atoms with van der Waals surface area (Å²) in [5.41, 5.74) is 0. The Bertz CT molecular complexity index is 371. The van der Waals surface area contributed by atoms with Crippen molar-refractivity contribution < 1.29 is 34.0 Å². The molecule has 0 aliphatic rings. The SMILES string of the molecule is O=C(O)CC(NCC(F)([N+](=O)[O-])[N+](=O)[O-])C(=O)O. The molecule has 1 atom stereocenters. The highest BCUT2D eigenvalue weighted by Crippen LogP contribution is 2.12. The molecule has 0 saturated carbocycles. The number of carboxylic acids is 2. The molecule has 1 unspecified atom stereocenters. The number of alkyl halides is 1. The van der Waals surface area contributed by atoms with E-state index < -0.39 is 46.7 Å². The Labute approximate surface area is 97.5 Å². The lowest BCUT2D eigenvalue weighted by Gasteiger charge is -2.13. The molecule has 0 amide bonds. The van der Waals surface area contributed by atoms with Gasteiger partial charge in [-0.2, -0.15) is 0 Å². The third-order valence-corrected chi connectivity index (χ3v) is 1.81. The molecule has 0 bridgehead atoms. The van der Waals surface area contributed by atoms with Crippen molar-refractivity contribution in [1.29, 1.82) is 0 Å². The molecule has 102 valence electrons. The highest BCUT2D eigenvalue weighted by molar-refractivity contribution is 5.80. The van der Waals surface area contributed by atoms with E-state index in [0.29, 0.717) is 0 Å². The van der Waals surface area contributed by atoms with Gasteiger partial charge >= 0.3 is 17.9 Å². The molecule has 0 spiro atoms. The number of aliphatic carboxylic acids is 2. The van der Waals surface area contributed by atoms with E-state index in [0.717, 1.165) is 0 Å². The smallest absolute Gasteiger partial charge is 0.481 e. The third-order valence-electron chi connectivity index (χ3n) is 1.81. The Morgan fingerprint density at radius 2 is 1.72 bits per heavy atom. The van der Waals surface area contributed by atoms with Crippen LogP contribution in [0.5, 0.6) is 0 Å². The van der Waals surface area contributed by atoms with Crippen LogP contribution < -0.4 is 5.32 Å². The predicted octanol–water partition coefficient (Wildman–Crippen LogP) is -1.32. The maximum absolute atomic E-state index is 13.2. The summed E-state index contributed by atoms with van der Waals surface area (Å²) >= 11 is 0. The first-order valence-corrected chi connectivity index (χ1v) is 4.27. The minimum absolute atomic E-state index is 1.01. The van der Waals surface area contributed by atoms with Gasteiger partial charge in [-0.1, -0.05) is 4.39 Å². The summed E-state index contributed by atoms with van der Waals surface area (Å²) in [5.74, 6) is -7.42. The zero-order chi connectivity index (χ0) is 14.5.